The van der Waals surface area contributed by atoms with E-state index in [0.29, 0.717) is 13.1 Å². The van der Waals surface area contributed by atoms with Crippen LogP contribution in [0.25, 0.3) is 10.8 Å². The first-order valence-electron chi connectivity index (χ1n) is 11.1. The van der Waals surface area contributed by atoms with Gasteiger partial charge in [0.05, 0.1) is 10.6 Å². The fourth-order valence-corrected chi connectivity index (χ4v) is 5.02. The molecule has 2 aliphatic heterocycles. The molecule has 1 amide bonds. The molecule has 0 bridgehead atoms. The third-order valence-corrected chi connectivity index (χ3v) is 6.53. The maximum atomic E-state index is 12.8. The number of carbonyl (C=O) groups is 1. The Labute approximate surface area is 187 Å². The highest BCUT2D eigenvalue weighted by molar-refractivity contribution is 6.26. The van der Waals surface area contributed by atoms with Gasteiger partial charge in [-0.05, 0) is 37.1 Å². The average Bonchev–Trinajstić information content (AvgIpc) is 2.93. The van der Waals surface area contributed by atoms with Gasteiger partial charge in [0, 0.05) is 73.4 Å². The van der Waals surface area contributed by atoms with E-state index < -0.39 is 0 Å². The Balaban J connectivity index is 1.38. The number of hydrogen-bond acceptors (Lipinski definition) is 5. The van der Waals surface area contributed by atoms with E-state index in [2.05, 4.69) is 28.0 Å². The summed E-state index contributed by atoms with van der Waals surface area (Å²) in [6, 6.07) is 17.2. The molecule has 0 radical (unpaired) electrons. The van der Waals surface area contributed by atoms with Crippen molar-refractivity contribution in [1.29, 1.82) is 0 Å². The summed E-state index contributed by atoms with van der Waals surface area (Å²) in [6.45, 7) is 7.02. The first-order valence-corrected chi connectivity index (χ1v) is 11.1. The first-order chi connectivity index (χ1) is 15.6. The lowest BCUT2D eigenvalue weighted by molar-refractivity contribution is -0.384. The van der Waals surface area contributed by atoms with Crippen LogP contribution < -0.4 is 9.80 Å². The molecule has 0 unspecified atom stereocenters. The molecular formula is C25H26N4O3. The summed E-state index contributed by atoms with van der Waals surface area (Å²) in [6.07, 6.45) is 1.01. The molecule has 0 aromatic heterocycles. The zero-order valence-corrected chi connectivity index (χ0v) is 18.2. The number of rotatable bonds is 5. The van der Waals surface area contributed by atoms with Crippen molar-refractivity contribution < 1.29 is 9.72 Å². The number of hydrogen-bond donors (Lipinski definition) is 0. The summed E-state index contributed by atoms with van der Waals surface area (Å²) in [7, 11) is 0. The largest absolute Gasteiger partial charge is 0.370 e. The maximum absolute atomic E-state index is 12.8. The first kappa shape index (κ1) is 20.5. The maximum Gasteiger partial charge on any atom is 0.269 e. The summed E-state index contributed by atoms with van der Waals surface area (Å²) in [4.78, 5) is 30.2. The normalized spacial score (nSPS) is 16.6. The molecule has 3 aromatic carbocycles. The summed E-state index contributed by atoms with van der Waals surface area (Å²) < 4.78 is 0. The zero-order valence-electron chi connectivity index (χ0n) is 18.2. The number of nitrogens with zero attached hydrogens (tertiary/aromatic N) is 4. The molecule has 1 saturated heterocycles. The number of amides is 1. The summed E-state index contributed by atoms with van der Waals surface area (Å²) in [5.41, 5.74) is 4.09. The van der Waals surface area contributed by atoms with Crippen LogP contribution in [0.1, 0.15) is 29.3 Å². The van der Waals surface area contributed by atoms with E-state index in [4.69, 9.17) is 0 Å². The lowest BCUT2D eigenvalue weighted by Gasteiger charge is -2.26. The van der Waals surface area contributed by atoms with Gasteiger partial charge in [0.15, 0.2) is 0 Å². The molecule has 3 aromatic rings. The van der Waals surface area contributed by atoms with Crippen LogP contribution in [0.4, 0.5) is 17.1 Å². The highest BCUT2D eigenvalue weighted by Crippen LogP contribution is 2.41. The minimum atomic E-state index is -0.340. The Hall–Kier alpha value is -3.45. The van der Waals surface area contributed by atoms with Crippen LogP contribution in [0.3, 0.4) is 0 Å². The van der Waals surface area contributed by atoms with E-state index in [0.717, 1.165) is 60.2 Å². The van der Waals surface area contributed by atoms with E-state index >= 15 is 0 Å². The van der Waals surface area contributed by atoms with Gasteiger partial charge in [-0.1, -0.05) is 24.3 Å². The van der Waals surface area contributed by atoms with Crippen LogP contribution in [0.15, 0.2) is 54.6 Å². The van der Waals surface area contributed by atoms with E-state index in [1.807, 2.05) is 30.0 Å². The van der Waals surface area contributed by atoms with Crippen molar-refractivity contribution in [2.24, 2.45) is 0 Å². The number of non-ortho nitro benzene ring substituents is 1. The molecule has 0 spiro atoms. The van der Waals surface area contributed by atoms with Gasteiger partial charge < -0.3 is 9.80 Å². The lowest BCUT2D eigenvalue weighted by Crippen LogP contribution is -2.30. The van der Waals surface area contributed by atoms with Gasteiger partial charge >= 0.3 is 0 Å². The Morgan fingerprint density at radius 2 is 1.78 bits per heavy atom. The zero-order chi connectivity index (χ0) is 22.2. The Morgan fingerprint density at radius 1 is 0.969 bits per heavy atom. The smallest absolute Gasteiger partial charge is 0.269 e. The van der Waals surface area contributed by atoms with Crippen molar-refractivity contribution in [3.63, 3.8) is 0 Å². The Morgan fingerprint density at radius 3 is 2.59 bits per heavy atom. The van der Waals surface area contributed by atoms with Crippen LogP contribution in [-0.2, 0) is 6.54 Å². The minimum Gasteiger partial charge on any atom is -0.370 e. The van der Waals surface area contributed by atoms with Gasteiger partial charge in [-0.3, -0.25) is 19.8 Å². The summed E-state index contributed by atoms with van der Waals surface area (Å²) in [5, 5.41) is 13.3. The second-order valence-corrected chi connectivity index (χ2v) is 8.43. The molecule has 32 heavy (non-hydrogen) atoms. The molecule has 0 saturated carbocycles. The SMILES string of the molecule is CCN1C(=O)c2cccc3c(N4CCCN(Cc5cccc([N+](=O)[O-])c5)CC4)ccc1c23. The van der Waals surface area contributed by atoms with Crippen LogP contribution in [-0.4, -0.2) is 48.5 Å². The number of nitro benzene ring substituents is 1. The van der Waals surface area contributed by atoms with Gasteiger partial charge in [-0.25, -0.2) is 0 Å². The van der Waals surface area contributed by atoms with E-state index in [1.165, 1.54) is 11.8 Å². The highest BCUT2D eigenvalue weighted by atomic mass is 16.6. The molecule has 7 heteroatoms. The molecule has 0 atom stereocenters. The van der Waals surface area contributed by atoms with Crippen molar-refractivity contribution in [3.05, 3.63) is 75.8 Å². The second-order valence-electron chi connectivity index (χ2n) is 8.43. The Kier molecular flexibility index (Phi) is 5.27. The number of anilines is 2. The highest BCUT2D eigenvalue weighted by Gasteiger charge is 2.30. The fraction of sp³-hybridized carbons (Fsp3) is 0.320. The van der Waals surface area contributed by atoms with Crippen LogP contribution >= 0.6 is 0 Å². The van der Waals surface area contributed by atoms with Crippen molar-refractivity contribution in [1.82, 2.24) is 4.90 Å². The van der Waals surface area contributed by atoms with E-state index in [-0.39, 0.29) is 16.5 Å². The van der Waals surface area contributed by atoms with Crippen molar-refractivity contribution >= 4 is 33.7 Å². The van der Waals surface area contributed by atoms with Gasteiger partial charge in [-0.2, -0.15) is 0 Å². The average molecular weight is 431 g/mol. The van der Waals surface area contributed by atoms with Gasteiger partial charge in [0.2, 0.25) is 0 Å². The van der Waals surface area contributed by atoms with Crippen molar-refractivity contribution in [3.8, 4) is 0 Å². The lowest BCUT2D eigenvalue weighted by atomic mass is 10.0. The molecule has 1 fully saturated rings. The monoisotopic (exact) mass is 430 g/mol. The quantitative estimate of drug-likeness (QED) is 0.442. The molecule has 164 valence electrons. The van der Waals surface area contributed by atoms with Crippen LogP contribution in [0, 0.1) is 10.1 Å². The fourth-order valence-electron chi connectivity index (χ4n) is 5.02. The number of nitro groups is 1. The predicted molar refractivity (Wildman–Crippen MR) is 127 cm³/mol. The third kappa shape index (κ3) is 3.48. The van der Waals surface area contributed by atoms with Crippen LogP contribution in [0.5, 0.6) is 0 Å². The van der Waals surface area contributed by atoms with Gasteiger partial charge in [0.1, 0.15) is 0 Å². The summed E-state index contributed by atoms with van der Waals surface area (Å²) >= 11 is 0. The van der Waals surface area contributed by atoms with E-state index in [9.17, 15) is 14.9 Å². The molecule has 5 rings (SSSR count). The Bertz CT molecular complexity index is 1210. The van der Waals surface area contributed by atoms with Crippen molar-refractivity contribution in [2.45, 2.75) is 19.9 Å². The van der Waals surface area contributed by atoms with Crippen LogP contribution in [0.2, 0.25) is 0 Å². The van der Waals surface area contributed by atoms with Gasteiger partial charge in [-0.15, -0.1) is 0 Å². The molecule has 2 heterocycles. The van der Waals surface area contributed by atoms with Crippen molar-refractivity contribution in [2.75, 3.05) is 42.5 Å². The minimum absolute atomic E-state index is 0.0873. The van der Waals surface area contributed by atoms with E-state index in [1.54, 1.807) is 12.1 Å². The molecular weight excluding hydrogens is 404 g/mol. The standard InChI is InChI=1S/C25H26N4O3/c1-2-28-23-11-10-22(20-8-4-9-21(24(20)23)25(28)30)27-13-5-12-26(14-15-27)17-18-6-3-7-19(16-18)29(31)32/h3-4,6-11,16H,2,5,12-15,17H2,1H3. The topological polar surface area (TPSA) is 69.9 Å². The second kappa shape index (κ2) is 8.24. The predicted octanol–water partition coefficient (Wildman–Crippen LogP) is 4.44. The summed E-state index contributed by atoms with van der Waals surface area (Å²) in [5.74, 6) is 0.0873. The number of benzene rings is 3. The molecule has 2 aliphatic rings. The molecule has 0 aliphatic carbocycles. The third-order valence-electron chi connectivity index (χ3n) is 6.53. The number of carbonyl (C=O) groups excluding carboxylic acids is 1. The molecule has 7 nitrogen and oxygen atoms in total. The molecule has 0 N–H and O–H groups in total. The van der Waals surface area contributed by atoms with Gasteiger partial charge in [0.25, 0.3) is 11.6 Å².